The largest absolute Gasteiger partial charge is 0.376 e. The lowest BCUT2D eigenvalue weighted by Gasteiger charge is -2.26. The molecule has 1 unspecified atom stereocenters. The summed E-state index contributed by atoms with van der Waals surface area (Å²) in [6.45, 7) is 0. The molecule has 6 heteroatoms. The number of aromatic nitrogens is 1. The van der Waals surface area contributed by atoms with Gasteiger partial charge in [-0.2, -0.15) is 0 Å². The molecule has 0 amide bonds. The van der Waals surface area contributed by atoms with Crippen molar-refractivity contribution in [3.63, 3.8) is 0 Å². The predicted molar refractivity (Wildman–Crippen MR) is 81.6 cm³/mol. The van der Waals surface area contributed by atoms with Gasteiger partial charge in [0.2, 0.25) is 0 Å². The number of fused-ring (bicyclic) bond motifs is 1. The normalized spacial score (nSPS) is 17.1. The standard InChI is InChI=1S/C15H14ClN3O2/c16-12-7-6-11(9-14(12)19(20)21)18-13-5-1-3-10-4-2-8-17-15(10)13/h2,4,6-9,13,18H,1,3,5H2. The summed E-state index contributed by atoms with van der Waals surface area (Å²) in [5, 5.41) is 14.4. The summed E-state index contributed by atoms with van der Waals surface area (Å²) in [5.74, 6) is 0. The minimum absolute atomic E-state index is 0.0794. The summed E-state index contributed by atoms with van der Waals surface area (Å²) in [5.41, 5.74) is 2.87. The SMILES string of the molecule is O=[N+]([O-])c1cc(NC2CCCc3cccnc32)ccc1Cl. The molecule has 0 spiro atoms. The molecular weight excluding hydrogens is 290 g/mol. The first-order chi connectivity index (χ1) is 10.1. The van der Waals surface area contributed by atoms with E-state index in [-0.39, 0.29) is 16.8 Å². The number of benzene rings is 1. The van der Waals surface area contributed by atoms with E-state index in [1.165, 1.54) is 11.6 Å². The smallest absolute Gasteiger partial charge is 0.289 e. The van der Waals surface area contributed by atoms with Crippen molar-refractivity contribution in [2.24, 2.45) is 0 Å². The molecule has 1 heterocycles. The number of nitrogens with one attached hydrogen (secondary N) is 1. The van der Waals surface area contributed by atoms with Crippen LogP contribution in [0, 0.1) is 10.1 Å². The number of hydrogen-bond acceptors (Lipinski definition) is 4. The van der Waals surface area contributed by atoms with Crippen LogP contribution in [-0.4, -0.2) is 9.91 Å². The molecule has 0 saturated carbocycles. The number of pyridine rings is 1. The van der Waals surface area contributed by atoms with Gasteiger partial charge in [0.15, 0.2) is 0 Å². The number of nitro groups is 1. The fourth-order valence-corrected chi connectivity index (χ4v) is 2.88. The Morgan fingerprint density at radius 3 is 3.05 bits per heavy atom. The molecule has 1 aliphatic carbocycles. The van der Waals surface area contributed by atoms with Gasteiger partial charge < -0.3 is 5.32 Å². The van der Waals surface area contributed by atoms with E-state index >= 15 is 0 Å². The number of aryl methyl sites for hydroxylation is 1. The van der Waals surface area contributed by atoms with Crippen LogP contribution in [0.2, 0.25) is 5.02 Å². The Hall–Kier alpha value is -2.14. The molecule has 3 rings (SSSR count). The number of anilines is 1. The molecule has 0 fully saturated rings. The summed E-state index contributed by atoms with van der Waals surface area (Å²) in [6, 6.07) is 8.88. The molecule has 21 heavy (non-hydrogen) atoms. The molecule has 5 nitrogen and oxygen atoms in total. The Balaban J connectivity index is 1.88. The Labute approximate surface area is 127 Å². The summed E-state index contributed by atoms with van der Waals surface area (Å²) in [6.07, 6.45) is 4.84. The van der Waals surface area contributed by atoms with Crippen LogP contribution in [0.5, 0.6) is 0 Å². The minimum atomic E-state index is -0.472. The molecule has 108 valence electrons. The van der Waals surface area contributed by atoms with Crippen molar-refractivity contribution >= 4 is 23.0 Å². The second-order valence-electron chi connectivity index (χ2n) is 5.06. The molecule has 1 N–H and O–H groups in total. The van der Waals surface area contributed by atoms with Gasteiger partial charge in [-0.1, -0.05) is 17.7 Å². The van der Waals surface area contributed by atoms with Gasteiger partial charge in [0.05, 0.1) is 16.7 Å². The van der Waals surface area contributed by atoms with Crippen molar-refractivity contribution in [2.45, 2.75) is 25.3 Å². The van der Waals surface area contributed by atoms with Crippen molar-refractivity contribution < 1.29 is 4.92 Å². The summed E-state index contributed by atoms with van der Waals surface area (Å²) in [7, 11) is 0. The van der Waals surface area contributed by atoms with E-state index in [1.807, 2.05) is 6.07 Å². The highest BCUT2D eigenvalue weighted by molar-refractivity contribution is 6.32. The molecule has 1 atom stereocenters. The van der Waals surface area contributed by atoms with Crippen LogP contribution >= 0.6 is 11.6 Å². The van der Waals surface area contributed by atoms with Gasteiger partial charge in [0.25, 0.3) is 5.69 Å². The monoisotopic (exact) mass is 303 g/mol. The Bertz CT molecular complexity index is 690. The number of halogens is 1. The first-order valence-electron chi connectivity index (χ1n) is 6.79. The molecule has 0 saturated heterocycles. The van der Waals surface area contributed by atoms with E-state index < -0.39 is 4.92 Å². The average molecular weight is 304 g/mol. The van der Waals surface area contributed by atoms with E-state index in [2.05, 4.69) is 16.4 Å². The zero-order chi connectivity index (χ0) is 14.8. The highest BCUT2D eigenvalue weighted by atomic mass is 35.5. The molecule has 0 bridgehead atoms. The van der Waals surface area contributed by atoms with Crippen molar-refractivity contribution in [1.82, 2.24) is 4.98 Å². The van der Waals surface area contributed by atoms with Crippen LogP contribution in [0.1, 0.15) is 30.1 Å². The van der Waals surface area contributed by atoms with E-state index in [0.717, 1.165) is 25.0 Å². The van der Waals surface area contributed by atoms with Gasteiger partial charge in [-0.05, 0) is 43.0 Å². The highest BCUT2D eigenvalue weighted by Gasteiger charge is 2.22. The van der Waals surface area contributed by atoms with Crippen LogP contribution in [0.25, 0.3) is 0 Å². The van der Waals surface area contributed by atoms with Gasteiger partial charge in [0.1, 0.15) is 5.02 Å². The first-order valence-corrected chi connectivity index (χ1v) is 7.17. The molecule has 2 aromatic rings. The Kier molecular flexibility index (Phi) is 3.75. The summed E-state index contributed by atoms with van der Waals surface area (Å²) in [4.78, 5) is 14.9. The zero-order valence-electron chi connectivity index (χ0n) is 11.3. The van der Waals surface area contributed by atoms with Gasteiger partial charge in [-0.15, -0.1) is 0 Å². The fourth-order valence-electron chi connectivity index (χ4n) is 2.69. The second kappa shape index (κ2) is 5.69. The lowest BCUT2D eigenvalue weighted by Crippen LogP contribution is -2.18. The first kappa shape index (κ1) is 13.8. The van der Waals surface area contributed by atoms with E-state index in [1.54, 1.807) is 18.3 Å². The van der Waals surface area contributed by atoms with Crippen LogP contribution in [0.3, 0.4) is 0 Å². The lowest BCUT2D eigenvalue weighted by molar-refractivity contribution is -0.384. The number of rotatable bonds is 3. The maximum Gasteiger partial charge on any atom is 0.289 e. The van der Waals surface area contributed by atoms with Crippen LogP contribution in [-0.2, 0) is 6.42 Å². The fraction of sp³-hybridized carbons (Fsp3) is 0.267. The maximum atomic E-state index is 10.9. The summed E-state index contributed by atoms with van der Waals surface area (Å²) >= 11 is 5.83. The van der Waals surface area contributed by atoms with Crippen LogP contribution < -0.4 is 5.32 Å². The summed E-state index contributed by atoms with van der Waals surface area (Å²) < 4.78 is 0. The maximum absolute atomic E-state index is 10.9. The topological polar surface area (TPSA) is 68.1 Å². The molecule has 1 aromatic heterocycles. The highest BCUT2D eigenvalue weighted by Crippen LogP contribution is 2.33. The average Bonchev–Trinajstić information content (AvgIpc) is 2.49. The third-order valence-electron chi connectivity index (χ3n) is 3.68. The van der Waals surface area contributed by atoms with E-state index in [9.17, 15) is 10.1 Å². The molecular formula is C15H14ClN3O2. The van der Waals surface area contributed by atoms with Crippen LogP contribution in [0.15, 0.2) is 36.5 Å². The van der Waals surface area contributed by atoms with Gasteiger partial charge >= 0.3 is 0 Å². The van der Waals surface area contributed by atoms with Crippen molar-refractivity contribution in [2.75, 3.05) is 5.32 Å². The van der Waals surface area contributed by atoms with Crippen molar-refractivity contribution in [3.8, 4) is 0 Å². The third kappa shape index (κ3) is 2.83. The third-order valence-corrected chi connectivity index (χ3v) is 4.00. The number of nitrogens with zero attached hydrogens (tertiary/aromatic N) is 2. The molecule has 0 radical (unpaired) electrons. The van der Waals surface area contributed by atoms with E-state index in [0.29, 0.717) is 5.69 Å². The van der Waals surface area contributed by atoms with E-state index in [4.69, 9.17) is 11.6 Å². The predicted octanol–water partition coefficient (Wildman–Crippen LogP) is 4.13. The zero-order valence-corrected chi connectivity index (χ0v) is 12.0. The minimum Gasteiger partial charge on any atom is -0.376 e. The second-order valence-corrected chi connectivity index (χ2v) is 5.47. The Morgan fingerprint density at radius 1 is 1.38 bits per heavy atom. The van der Waals surface area contributed by atoms with Gasteiger partial charge in [-0.25, -0.2) is 0 Å². The van der Waals surface area contributed by atoms with Crippen molar-refractivity contribution in [1.29, 1.82) is 0 Å². The molecule has 1 aromatic carbocycles. The number of hydrogen-bond donors (Lipinski definition) is 1. The van der Waals surface area contributed by atoms with Crippen molar-refractivity contribution in [3.05, 3.63) is 62.9 Å². The Morgan fingerprint density at radius 2 is 2.24 bits per heavy atom. The lowest BCUT2D eigenvalue weighted by atomic mass is 9.92. The van der Waals surface area contributed by atoms with Gasteiger partial charge in [0, 0.05) is 18.0 Å². The van der Waals surface area contributed by atoms with Crippen LogP contribution in [0.4, 0.5) is 11.4 Å². The molecule has 1 aliphatic rings. The molecule has 0 aliphatic heterocycles. The number of nitro benzene ring substituents is 1. The van der Waals surface area contributed by atoms with Gasteiger partial charge in [-0.3, -0.25) is 15.1 Å². The quantitative estimate of drug-likeness (QED) is 0.683.